The maximum Gasteiger partial charge on any atom is 0.250 e. The van der Waals surface area contributed by atoms with E-state index in [1.54, 1.807) is 12.1 Å². The van der Waals surface area contributed by atoms with Crippen LogP contribution in [0.5, 0.6) is 0 Å². The molecule has 0 unspecified atom stereocenters. The first-order valence-electron chi connectivity index (χ1n) is 12.2. The molecule has 3 aliphatic rings. The molecule has 176 valence electrons. The summed E-state index contributed by atoms with van der Waals surface area (Å²) in [7, 11) is 0. The molecule has 0 aliphatic carbocycles. The van der Waals surface area contributed by atoms with E-state index in [4.69, 9.17) is 4.74 Å². The van der Waals surface area contributed by atoms with Crippen molar-refractivity contribution in [3.05, 3.63) is 77.6 Å². The summed E-state index contributed by atoms with van der Waals surface area (Å²) in [5, 5.41) is 2.61. The fraction of sp³-hybridized carbons (Fsp3) is 0.393. The lowest BCUT2D eigenvalue weighted by atomic mass is 9.85. The van der Waals surface area contributed by atoms with E-state index >= 15 is 0 Å². The van der Waals surface area contributed by atoms with Crippen LogP contribution in [0.1, 0.15) is 24.0 Å². The minimum Gasteiger partial charge on any atom is -0.371 e. The Bertz CT molecular complexity index is 1210. The van der Waals surface area contributed by atoms with Gasteiger partial charge in [-0.15, -0.1) is 0 Å². The predicted octanol–water partition coefficient (Wildman–Crippen LogP) is 4.33. The summed E-state index contributed by atoms with van der Waals surface area (Å²) in [4.78, 5) is 20.3. The van der Waals surface area contributed by atoms with E-state index in [9.17, 15) is 9.18 Å². The number of likely N-dealkylation sites (tertiary alicyclic amines) is 1. The average Bonchev–Trinajstić information content (AvgIpc) is 3.63. The van der Waals surface area contributed by atoms with Gasteiger partial charge in [0.25, 0.3) is 0 Å². The molecule has 34 heavy (non-hydrogen) atoms. The highest BCUT2D eigenvalue weighted by molar-refractivity contribution is 5.93. The van der Waals surface area contributed by atoms with Crippen molar-refractivity contribution >= 4 is 22.4 Å². The summed E-state index contributed by atoms with van der Waals surface area (Å²) in [6.45, 7) is 6.64. The van der Waals surface area contributed by atoms with Gasteiger partial charge in [-0.3, -0.25) is 9.69 Å². The second-order valence-corrected chi connectivity index (χ2v) is 9.93. The van der Waals surface area contributed by atoms with Gasteiger partial charge in [-0.1, -0.05) is 36.4 Å². The summed E-state index contributed by atoms with van der Waals surface area (Å²) < 4.78 is 19.0. The largest absolute Gasteiger partial charge is 0.371 e. The van der Waals surface area contributed by atoms with Crippen LogP contribution in [0, 0.1) is 12.7 Å². The SMILES string of the molecule is Cc1cccc2cccc(CN3CCC4(CC3)C(=O)N(C[C@@H]3CO3)CN4c3ccc(F)cc3)c12. The Kier molecular flexibility index (Phi) is 5.30. The lowest BCUT2D eigenvalue weighted by Gasteiger charge is -2.43. The van der Waals surface area contributed by atoms with Crippen LogP contribution in [0.3, 0.4) is 0 Å². The number of nitrogens with zero attached hydrogens (tertiary/aromatic N) is 3. The second-order valence-electron chi connectivity index (χ2n) is 9.93. The molecule has 1 atom stereocenters. The molecule has 3 aromatic rings. The number of carbonyl (C=O) groups is 1. The van der Waals surface area contributed by atoms with Crippen LogP contribution in [0.4, 0.5) is 10.1 Å². The molecule has 3 fully saturated rings. The van der Waals surface area contributed by atoms with Crippen molar-refractivity contribution in [2.24, 2.45) is 0 Å². The van der Waals surface area contributed by atoms with Crippen molar-refractivity contribution in [3.63, 3.8) is 0 Å². The smallest absolute Gasteiger partial charge is 0.250 e. The monoisotopic (exact) mass is 459 g/mol. The minimum absolute atomic E-state index is 0.156. The van der Waals surface area contributed by atoms with Gasteiger partial charge in [0.1, 0.15) is 11.4 Å². The normalized spacial score (nSPS) is 22.2. The fourth-order valence-electron chi connectivity index (χ4n) is 5.85. The zero-order chi connectivity index (χ0) is 23.3. The summed E-state index contributed by atoms with van der Waals surface area (Å²) in [5.74, 6) is -0.0697. The topological polar surface area (TPSA) is 39.3 Å². The Balaban J connectivity index is 1.24. The molecule has 6 heteroatoms. The minimum atomic E-state index is -0.572. The van der Waals surface area contributed by atoms with E-state index in [-0.39, 0.29) is 17.8 Å². The van der Waals surface area contributed by atoms with Gasteiger partial charge < -0.3 is 14.5 Å². The van der Waals surface area contributed by atoms with E-state index in [0.29, 0.717) is 13.2 Å². The number of anilines is 1. The molecular formula is C28H30FN3O2. The molecule has 3 aromatic carbocycles. The maximum atomic E-state index is 13.7. The Labute approximate surface area is 199 Å². The molecule has 1 amide bonds. The first-order valence-corrected chi connectivity index (χ1v) is 12.2. The molecule has 0 saturated carbocycles. The number of hydrogen-bond acceptors (Lipinski definition) is 4. The van der Waals surface area contributed by atoms with Crippen molar-refractivity contribution in [2.75, 3.05) is 37.8 Å². The molecule has 6 rings (SSSR count). The van der Waals surface area contributed by atoms with Crippen molar-refractivity contribution < 1.29 is 13.9 Å². The Morgan fingerprint density at radius 2 is 1.74 bits per heavy atom. The number of hydrogen-bond donors (Lipinski definition) is 0. The van der Waals surface area contributed by atoms with E-state index in [2.05, 4.69) is 53.1 Å². The molecule has 0 N–H and O–H groups in total. The molecule has 3 aliphatic heterocycles. The van der Waals surface area contributed by atoms with Gasteiger partial charge in [-0.25, -0.2) is 4.39 Å². The van der Waals surface area contributed by atoms with Crippen LogP contribution in [0.15, 0.2) is 60.7 Å². The molecule has 3 heterocycles. The van der Waals surface area contributed by atoms with Gasteiger partial charge in [0.05, 0.1) is 25.9 Å². The van der Waals surface area contributed by atoms with Crippen molar-refractivity contribution in [2.45, 2.75) is 38.0 Å². The highest BCUT2D eigenvalue weighted by Gasteiger charge is 2.54. The van der Waals surface area contributed by atoms with Crippen molar-refractivity contribution in [1.29, 1.82) is 0 Å². The number of ether oxygens (including phenoxy) is 1. The summed E-state index contributed by atoms with van der Waals surface area (Å²) >= 11 is 0. The second kappa shape index (κ2) is 8.36. The molecule has 0 bridgehead atoms. The van der Waals surface area contributed by atoms with Crippen LogP contribution in [-0.2, 0) is 16.1 Å². The lowest BCUT2D eigenvalue weighted by Crippen LogP contribution is -2.56. The van der Waals surface area contributed by atoms with E-state index in [1.807, 2.05) is 4.90 Å². The van der Waals surface area contributed by atoms with E-state index < -0.39 is 5.54 Å². The lowest BCUT2D eigenvalue weighted by molar-refractivity contribution is -0.133. The number of halogens is 1. The standard InChI is InChI=1S/C28H30FN3O2/c1-20-4-2-5-21-6-3-7-22(26(20)21)16-30-14-12-28(13-15-30)27(33)31(17-25-18-34-25)19-32(28)24-10-8-23(29)9-11-24/h2-11,25H,12-19H2,1H3/t25-/m1/s1. The summed E-state index contributed by atoms with van der Waals surface area (Å²) in [6.07, 6.45) is 1.67. The van der Waals surface area contributed by atoms with Gasteiger partial charge in [0, 0.05) is 25.3 Å². The number of piperidine rings is 1. The molecular weight excluding hydrogens is 429 g/mol. The summed E-state index contributed by atoms with van der Waals surface area (Å²) in [6, 6.07) is 19.6. The predicted molar refractivity (Wildman–Crippen MR) is 131 cm³/mol. The maximum absolute atomic E-state index is 13.7. The van der Waals surface area contributed by atoms with E-state index in [1.165, 1.54) is 34.0 Å². The number of carbonyl (C=O) groups excluding carboxylic acids is 1. The Hall–Kier alpha value is -2.96. The van der Waals surface area contributed by atoms with Crippen molar-refractivity contribution in [3.8, 4) is 0 Å². The Morgan fingerprint density at radius 3 is 2.44 bits per heavy atom. The highest BCUT2D eigenvalue weighted by Crippen LogP contribution is 2.40. The molecule has 3 saturated heterocycles. The van der Waals surface area contributed by atoms with Crippen molar-refractivity contribution in [1.82, 2.24) is 9.80 Å². The first-order chi connectivity index (χ1) is 16.5. The zero-order valence-corrected chi connectivity index (χ0v) is 19.5. The van der Waals surface area contributed by atoms with Crippen LogP contribution >= 0.6 is 0 Å². The number of fused-ring (bicyclic) bond motifs is 1. The number of benzene rings is 3. The number of epoxide rings is 1. The first kappa shape index (κ1) is 21.6. The van der Waals surface area contributed by atoms with Gasteiger partial charge in [0.15, 0.2) is 0 Å². The van der Waals surface area contributed by atoms with Crippen LogP contribution in [0.2, 0.25) is 0 Å². The van der Waals surface area contributed by atoms with Crippen LogP contribution in [0.25, 0.3) is 10.8 Å². The molecule has 0 radical (unpaired) electrons. The van der Waals surface area contributed by atoms with Gasteiger partial charge >= 0.3 is 0 Å². The van der Waals surface area contributed by atoms with Gasteiger partial charge in [0.2, 0.25) is 5.91 Å². The van der Waals surface area contributed by atoms with Gasteiger partial charge in [-0.2, -0.15) is 0 Å². The molecule has 5 nitrogen and oxygen atoms in total. The van der Waals surface area contributed by atoms with E-state index in [0.717, 1.165) is 44.8 Å². The average molecular weight is 460 g/mol. The Morgan fingerprint density at radius 1 is 1.03 bits per heavy atom. The van der Waals surface area contributed by atoms with Crippen LogP contribution in [-0.4, -0.2) is 60.3 Å². The summed E-state index contributed by atoms with van der Waals surface area (Å²) in [5.41, 5.74) is 2.98. The van der Waals surface area contributed by atoms with Crippen LogP contribution < -0.4 is 4.90 Å². The zero-order valence-electron chi connectivity index (χ0n) is 19.5. The fourth-order valence-corrected chi connectivity index (χ4v) is 5.85. The number of rotatable bonds is 5. The van der Waals surface area contributed by atoms with Gasteiger partial charge in [-0.05, 0) is 65.9 Å². The third-order valence-corrected chi connectivity index (χ3v) is 7.76. The quantitative estimate of drug-likeness (QED) is 0.533. The number of aryl methyl sites for hydroxylation is 1. The molecule has 1 spiro atoms. The highest BCUT2D eigenvalue weighted by atomic mass is 19.1. The molecule has 0 aromatic heterocycles. The number of amides is 1. The third kappa shape index (κ3) is 3.75. The third-order valence-electron chi connectivity index (χ3n) is 7.76.